The van der Waals surface area contributed by atoms with Crippen LogP contribution in [0, 0.1) is 0 Å². The molecule has 1 aromatic carbocycles. The second kappa shape index (κ2) is 4.56. The highest BCUT2D eigenvalue weighted by molar-refractivity contribution is 5.80. The maximum atomic E-state index is 5.78. The molecule has 0 saturated heterocycles. The van der Waals surface area contributed by atoms with Gasteiger partial charge >= 0.3 is 0 Å². The Bertz CT molecular complexity index is 722. The molecule has 19 heavy (non-hydrogen) atoms. The molecule has 0 aliphatic rings. The second-order valence-electron chi connectivity index (χ2n) is 4.12. The first-order valence-corrected chi connectivity index (χ1v) is 5.99. The van der Waals surface area contributed by atoms with Crippen molar-refractivity contribution >= 4 is 17.0 Å². The summed E-state index contributed by atoms with van der Waals surface area (Å²) in [5, 5.41) is 7.37. The Labute approximate surface area is 109 Å². The van der Waals surface area contributed by atoms with Gasteiger partial charge in [-0.1, -0.05) is 19.1 Å². The Morgan fingerprint density at radius 2 is 2.21 bits per heavy atom. The number of nitrogens with zero attached hydrogens (tertiary/aromatic N) is 3. The number of fused-ring (bicyclic) bond motifs is 1. The number of hydrogen-bond acceptors (Lipinski definition) is 5. The number of nitrogens with two attached hydrogens (primary N) is 1. The zero-order chi connectivity index (χ0) is 13.2. The summed E-state index contributed by atoms with van der Waals surface area (Å²) in [5.41, 5.74) is 7.40. The van der Waals surface area contributed by atoms with Gasteiger partial charge in [-0.05, 0) is 24.1 Å². The average molecular weight is 255 g/mol. The Morgan fingerprint density at radius 1 is 1.32 bits per heavy atom. The Morgan fingerprint density at radius 3 is 3.05 bits per heavy atom. The molecule has 0 radical (unpaired) electrons. The van der Waals surface area contributed by atoms with Crippen molar-refractivity contribution in [3.05, 3.63) is 36.0 Å². The minimum absolute atomic E-state index is 0.151. The molecule has 0 bridgehead atoms. The predicted octanol–water partition coefficient (Wildman–Crippen LogP) is 2.29. The fraction of sp³-hybridized carbons (Fsp3) is 0.154. The zero-order valence-corrected chi connectivity index (χ0v) is 10.4. The van der Waals surface area contributed by atoms with Crippen molar-refractivity contribution in [3.8, 4) is 11.6 Å². The van der Waals surface area contributed by atoms with Gasteiger partial charge in [-0.15, -0.1) is 0 Å². The lowest BCUT2D eigenvalue weighted by Crippen LogP contribution is -1.98. The van der Waals surface area contributed by atoms with E-state index in [9.17, 15) is 0 Å². The number of hydrogen-bond donors (Lipinski definition) is 2. The van der Waals surface area contributed by atoms with Crippen LogP contribution in [0.1, 0.15) is 12.5 Å². The molecule has 0 saturated carbocycles. The first-order valence-electron chi connectivity index (χ1n) is 5.99. The number of H-pyrrole nitrogens is 1. The van der Waals surface area contributed by atoms with Gasteiger partial charge in [0, 0.05) is 0 Å². The third-order valence-corrected chi connectivity index (χ3v) is 2.81. The van der Waals surface area contributed by atoms with Crippen molar-refractivity contribution in [3.63, 3.8) is 0 Å². The van der Waals surface area contributed by atoms with Crippen LogP contribution in [0.15, 0.2) is 30.5 Å². The molecule has 0 atom stereocenters. The Kier molecular flexibility index (Phi) is 2.75. The second-order valence-corrected chi connectivity index (χ2v) is 4.12. The molecule has 0 fully saturated rings. The number of aromatic amines is 1. The van der Waals surface area contributed by atoms with Crippen molar-refractivity contribution in [1.82, 2.24) is 20.2 Å². The number of rotatable bonds is 3. The highest BCUT2D eigenvalue weighted by atomic mass is 16.5. The average Bonchev–Trinajstić information content (AvgIpc) is 2.87. The van der Waals surface area contributed by atoms with Crippen LogP contribution in [0.5, 0.6) is 11.6 Å². The molecule has 0 spiro atoms. The van der Waals surface area contributed by atoms with E-state index in [1.807, 2.05) is 18.2 Å². The number of nitrogen functional groups attached to an aromatic ring is 1. The number of anilines is 1. The van der Waals surface area contributed by atoms with Crippen LogP contribution in [0.2, 0.25) is 0 Å². The SMILES string of the molecule is CCc1cccc(Oc2nc(N)nc3[nH]ncc23)c1. The molecule has 0 unspecified atom stereocenters. The quantitative estimate of drug-likeness (QED) is 0.749. The van der Waals surface area contributed by atoms with E-state index in [4.69, 9.17) is 10.5 Å². The van der Waals surface area contributed by atoms with E-state index < -0.39 is 0 Å². The molecule has 2 heterocycles. The Hall–Kier alpha value is -2.63. The van der Waals surface area contributed by atoms with E-state index in [2.05, 4.69) is 33.2 Å². The summed E-state index contributed by atoms with van der Waals surface area (Å²) < 4.78 is 5.78. The molecule has 6 nitrogen and oxygen atoms in total. The lowest BCUT2D eigenvalue weighted by molar-refractivity contribution is 0.468. The van der Waals surface area contributed by atoms with Gasteiger partial charge in [0.05, 0.1) is 6.20 Å². The van der Waals surface area contributed by atoms with Crippen LogP contribution < -0.4 is 10.5 Å². The number of benzene rings is 1. The van der Waals surface area contributed by atoms with Gasteiger partial charge in [0.1, 0.15) is 11.1 Å². The molecule has 0 aliphatic carbocycles. The Balaban J connectivity index is 2.02. The van der Waals surface area contributed by atoms with Crippen LogP contribution in [0.4, 0.5) is 5.95 Å². The molecule has 3 aromatic rings. The fourth-order valence-electron chi connectivity index (χ4n) is 1.84. The number of aromatic nitrogens is 4. The van der Waals surface area contributed by atoms with E-state index in [1.54, 1.807) is 6.20 Å². The van der Waals surface area contributed by atoms with Crippen LogP contribution in [0.3, 0.4) is 0 Å². The highest BCUT2D eigenvalue weighted by Crippen LogP contribution is 2.27. The van der Waals surface area contributed by atoms with Crippen molar-refractivity contribution in [2.24, 2.45) is 0 Å². The van der Waals surface area contributed by atoms with E-state index in [-0.39, 0.29) is 5.95 Å². The molecule has 0 amide bonds. The monoisotopic (exact) mass is 255 g/mol. The lowest BCUT2D eigenvalue weighted by Gasteiger charge is -2.07. The molecule has 3 N–H and O–H groups in total. The van der Waals surface area contributed by atoms with Crippen LogP contribution in [-0.4, -0.2) is 20.2 Å². The maximum Gasteiger partial charge on any atom is 0.235 e. The molecule has 3 rings (SSSR count). The van der Waals surface area contributed by atoms with Crippen LogP contribution in [0.25, 0.3) is 11.0 Å². The van der Waals surface area contributed by atoms with Crippen molar-refractivity contribution in [2.75, 3.05) is 5.73 Å². The number of ether oxygens (including phenoxy) is 1. The van der Waals surface area contributed by atoms with Gasteiger partial charge < -0.3 is 10.5 Å². The van der Waals surface area contributed by atoms with Crippen molar-refractivity contribution in [2.45, 2.75) is 13.3 Å². The standard InChI is InChI=1S/C13H13N5O/c1-2-8-4-3-5-9(6-8)19-12-10-7-15-18-11(10)16-13(14)17-12/h3-7H,2H2,1H3,(H3,14,15,16,17,18). The minimum atomic E-state index is 0.151. The summed E-state index contributed by atoms with van der Waals surface area (Å²) in [6.07, 6.45) is 2.57. The molecular formula is C13H13N5O. The summed E-state index contributed by atoms with van der Waals surface area (Å²) >= 11 is 0. The maximum absolute atomic E-state index is 5.78. The summed E-state index contributed by atoms with van der Waals surface area (Å²) in [6.45, 7) is 2.09. The van der Waals surface area contributed by atoms with E-state index in [0.29, 0.717) is 16.9 Å². The predicted molar refractivity (Wildman–Crippen MR) is 72.0 cm³/mol. The van der Waals surface area contributed by atoms with E-state index in [1.165, 1.54) is 5.56 Å². The molecule has 2 aromatic heterocycles. The zero-order valence-electron chi connectivity index (χ0n) is 10.4. The third-order valence-electron chi connectivity index (χ3n) is 2.81. The van der Waals surface area contributed by atoms with Gasteiger partial charge in [-0.25, -0.2) is 0 Å². The third kappa shape index (κ3) is 2.20. The van der Waals surface area contributed by atoms with Crippen molar-refractivity contribution < 1.29 is 4.74 Å². The largest absolute Gasteiger partial charge is 0.438 e. The smallest absolute Gasteiger partial charge is 0.235 e. The summed E-state index contributed by atoms with van der Waals surface area (Å²) in [5.74, 6) is 1.28. The van der Waals surface area contributed by atoms with Crippen LogP contribution in [-0.2, 0) is 6.42 Å². The summed E-state index contributed by atoms with van der Waals surface area (Å²) in [7, 11) is 0. The fourth-order valence-corrected chi connectivity index (χ4v) is 1.84. The van der Waals surface area contributed by atoms with Gasteiger partial charge in [-0.3, -0.25) is 5.10 Å². The molecule has 96 valence electrons. The van der Waals surface area contributed by atoms with Gasteiger partial charge in [-0.2, -0.15) is 15.1 Å². The highest BCUT2D eigenvalue weighted by Gasteiger charge is 2.10. The van der Waals surface area contributed by atoms with Crippen LogP contribution >= 0.6 is 0 Å². The summed E-state index contributed by atoms with van der Waals surface area (Å²) in [6, 6.07) is 7.85. The number of nitrogens with one attached hydrogen (secondary N) is 1. The number of aryl methyl sites for hydroxylation is 1. The van der Waals surface area contributed by atoms with Gasteiger partial charge in [0.15, 0.2) is 5.65 Å². The first kappa shape index (κ1) is 11.5. The molecular weight excluding hydrogens is 242 g/mol. The van der Waals surface area contributed by atoms with Crippen molar-refractivity contribution in [1.29, 1.82) is 0 Å². The molecule has 6 heteroatoms. The van der Waals surface area contributed by atoms with Gasteiger partial charge in [0.2, 0.25) is 11.8 Å². The first-order chi connectivity index (χ1) is 9.26. The lowest BCUT2D eigenvalue weighted by atomic mass is 10.2. The normalized spacial score (nSPS) is 10.8. The summed E-state index contributed by atoms with van der Waals surface area (Å²) in [4.78, 5) is 8.15. The minimum Gasteiger partial charge on any atom is -0.438 e. The van der Waals surface area contributed by atoms with E-state index in [0.717, 1.165) is 12.2 Å². The van der Waals surface area contributed by atoms with Gasteiger partial charge in [0.25, 0.3) is 0 Å². The topological polar surface area (TPSA) is 89.7 Å². The molecule has 0 aliphatic heterocycles. The van der Waals surface area contributed by atoms with E-state index >= 15 is 0 Å².